The van der Waals surface area contributed by atoms with E-state index >= 15 is 0 Å². The molecule has 4 rings (SSSR count). The number of thiophene rings is 1. The average Bonchev–Trinajstić information content (AvgIpc) is 3.22. The van der Waals surface area contributed by atoms with Crippen LogP contribution in [0.5, 0.6) is 5.75 Å². The van der Waals surface area contributed by atoms with E-state index in [1.165, 1.54) is 0 Å². The molecular formula is C19H18N2O4S. The lowest BCUT2D eigenvalue weighted by atomic mass is 9.80. The SMILES string of the molecule is COc1ccc(C(=O)CN2C(=O)N[C@@]3(CCCc4sccc43)C2=O)cc1. The van der Waals surface area contributed by atoms with Gasteiger partial charge in [-0.25, -0.2) is 4.79 Å². The molecule has 3 amide bonds. The van der Waals surface area contributed by atoms with Crippen LogP contribution in [0.3, 0.4) is 0 Å². The predicted molar refractivity (Wildman–Crippen MR) is 96.5 cm³/mol. The van der Waals surface area contributed by atoms with Gasteiger partial charge in [0, 0.05) is 16.0 Å². The highest BCUT2D eigenvalue weighted by atomic mass is 32.1. The number of carbonyl (C=O) groups is 3. The number of benzene rings is 1. The first-order valence-electron chi connectivity index (χ1n) is 8.43. The normalized spacial score (nSPS) is 21.7. The number of ketones is 1. The molecule has 0 unspecified atom stereocenters. The number of amides is 3. The Morgan fingerprint density at radius 1 is 1.27 bits per heavy atom. The fraction of sp³-hybridized carbons (Fsp3) is 0.316. The van der Waals surface area contributed by atoms with Gasteiger partial charge in [-0.15, -0.1) is 11.3 Å². The molecule has 26 heavy (non-hydrogen) atoms. The van der Waals surface area contributed by atoms with Crippen LogP contribution in [-0.4, -0.2) is 36.3 Å². The lowest BCUT2D eigenvalue weighted by molar-refractivity contribution is -0.131. The van der Waals surface area contributed by atoms with Gasteiger partial charge in [0.25, 0.3) is 5.91 Å². The Hall–Kier alpha value is -2.67. The van der Waals surface area contributed by atoms with E-state index in [9.17, 15) is 14.4 Å². The number of aryl methyl sites for hydroxylation is 1. The van der Waals surface area contributed by atoms with Crippen LogP contribution in [0.25, 0.3) is 0 Å². The molecule has 1 aromatic heterocycles. The predicted octanol–water partition coefficient (Wildman–Crippen LogP) is 2.72. The molecule has 0 radical (unpaired) electrons. The van der Waals surface area contributed by atoms with E-state index in [4.69, 9.17) is 4.74 Å². The zero-order valence-corrected chi connectivity index (χ0v) is 15.1. The molecule has 2 aliphatic rings. The minimum atomic E-state index is -1.01. The van der Waals surface area contributed by atoms with Gasteiger partial charge in [-0.1, -0.05) is 0 Å². The number of carbonyl (C=O) groups excluding carboxylic acids is 3. The largest absolute Gasteiger partial charge is 0.497 e. The Morgan fingerprint density at radius 2 is 2.04 bits per heavy atom. The smallest absolute Gasteiger partial charge is 0.325 e. The van der Waals surface area contributed by atoms with E-state index in [2.05, 4.69) is 5.32 Å². The van der Waals surface area contributed by atoms with Gasteiger partial charge in [0.2, 0.25) is 0 Å². The number of imide groups is 1. The Morgan fingerprint density at radius 3 is 2.77 bits per heavy atom. The van der Waals surface area contributed by atoms with Gasteiger partial charge >= 0.3 is 6.03 Å². The highest BCUT2D eigenvalue weighted by Gasteiger charge is 2.54. The standard InChI is InChI=1S/C19H18N2O4S/c1-25-13-6-4-12(5-7-13)15(22)11-21-17(23)19(20-18(21)24)9-2-3-16-14(19)8-10-26-16/h4-8,10H,2-3,9,11H2,1H3,(H,20,24)/t19-/m1/s1. The number of nitrogens with one attached hydrogen (secondary N) is 1. The number of Topliss-reactive ketones (excluding diaryl/α,β-unsaturated/α-hetero) is 1. The number of nitrogens with zero attached hydrogens (tertiary/aromatic N) is 1. The molecular weight excluding hydrogens is 352 g/mol. The van der Waals surface area contributed by atoms with E-state index in [-0.39, 0.29) is 18.2 Å². The molecule has 1 saturated heterocycles. The second kappa shape index (κ2) is 6.25. The summed E-state index contributed by atoms with van der Waals surface area (Å²) in [5.41, 5.74) is 0.309. The molecule has 1 N–H and O–H groups in total. The minimum absolute atomic E-state index is 0.266. The molecule has 1 aliphatic heterocycles. The Kier molecular flexibility index (Phi) is 4.03. The van der Waals surface area contributed by atoms with Crippen molar-refractivity contribution in [2.75, 3.05) is 13.7 Å². The highest BCUT2D eigenvalue weighted by molar-refractivity contribution is 7.10. The van der Waals surface area contributed by atoms with Crippen molar-refractivity contribution in [3.63, 3.8) is 0 Å². The molecule has 2 heterocycles. The zero-order chi connectivity index (χ0) is 18.3. The monoisotopic (exact) mass is 370 g/mol. The first kappa shape index (κ1) is 16.8. The minimum Gasteiger partial charge on any atom is -0.497 e. The number of rotatable bonds is 4. The Labute approximate surface area is 154 Å². The van der Waals surface area contributed by atoms with Gasteiger partial charge in [-0.2, -0.15) is 0 Å². The zero-order valence-electron chi connectivity index (χ0n) is 14.3. The van der Waals surface area contributed by atoms with Crippen molar-refractivity contribution in [3.8, 4) is 5.75 Å². The van der Waals surface area contributed by atoms with E-state index in [1.807, 2.05) is 11.4 Å². The molecule has 1 aliphatic carbocycles. The molecule has 1 spiro atoms. The number of hydrogen-bond acceptors (Lipinski definition) is 5. The van der Waals surface area contributed by atoms with Crippen LogP contribution in [0.1, 0.15) is 33.6 Å². The van der Waals surface area contributed by atoms with Crippen molar-refractivity contribution >= 4 is 29.1 Å². The fourth-order valence-corrected chi connectivity index (χ4v) is 4.70. The van der Waals surface area contributed by atoms with Crippen molar-refractivity contribution in [1.82, 2.24) is 10.2 Å². The molecule has 134 valence electrons. The molecule has 0 saturated carbocycles. The quantitative estimate of drug-likeness (QED) is 0.663. The first-order valence-corrected chi connectivity index (χ1v) is 9.31. The van der Waals surface area contributed by atoms with Crippen molar-refractivity contribution < 1.29 is 19.1 Å². The van der Waals surface area contributed by atoms with Gasteiger partial charge in [-0.3, -0.25) is 14.5 Å². The number of urea groups is 1. The summed E-state index contributed by atoms with van der Waals surface area (Å²) in [6, 6.07) is 8.03. The third-order valence-corrected chi connectivity index (χ3v) is 6.03. The van der Waals surface area contributed by atoms with Crippen LogP contribution in [0.4, 0.5) is 4.79 Å². The van der Waals surface area contributed by atoms with Crippen LogP contribution < -0.4 is 10.1 Å². The van der Waals surface area contributed by atoms with Gasteiger partial charge in [-0.05, 0) is 55.0 Å². The molecule has 6 nitrogen and oxygen atoms in total. The second-order valence-electron chi connectivity index (χ2n) is 6.49. The summed E-state index contributed by atoms with van der Waals surface area (Å²) < 4.78 is 5.08. The summed E-state index contributed by atoms with van der Waals surface area (Å²) in [7, 11) is 1.55. The van der Waals surface area contributed by atoms with Gasteiger partial charge in [0.05, 0.1) is 13.7 Å². The summed E-state index contributed by atoms with van der Waals surface area (Å²) in [6.07, 6.45) is 2.32. The summed E-state index contributed by atoms with van der Waals surface area (Å²) in [4.78, 5) is 40.3. The lowest BCUT2D eigenvalue weighted by Gasteiger charge is -2.31. The molecule has 7 heteroatoms. The van der Waals surface area contributed by atoms with Gasteiger partial charge in [0.15, 0.2) is 5.78 Å². The third-order valence-electron chi connectivity index (χ3n) is 5.05. The molecule has 0 bridgehead atoms. The van der Waals surface area contributed by atoms with E-state index in [0.717, 1.165) is 28.2 Å². The molecule has 1 aromatic carbocycles. The van der Waals surface area contributed by atoms with Gasteiger partial charge < -0.3 is 10.1 Å². The summed E-state index contributed by atoms with van der Waals surface area (Å²) >= 11 is 1.60. The van der Waals surface area contributed by atoms with Gasteiger partial charge in [0.1, 0.15) is 11.3 Å². The van der Waals surface area contributed by atoms with Crippen LogP contribution in [0.2, 0.25) is 0 Å². The molecule has 1 fully saturated rings. The van der Waals surface area contributed by atoms with E-state index < -0.39 is 11.6 Å². The second-order valence-corrected chi connectivity index (χ2v) is 7.49. The van der Waals surface area contributed by atoms with Crippen molar-refractivity contribution in [1.29, 1.82) is 0 Å². The summed E-state index contributed by atoms with van der Waals surface area (Å²) in [6.45, 7) is -0.266. The van der Waals surface area contributed by atoms with E-state index in [1.54, 1.807) is 42.7 Å². The number of hydrogen-bond donors (Lipinski definition) is 1. The Bertz CT molecular complexity index is 889. The first-order chi connectivity index (χ1) is 12.5. The lowest BCUT2D eigenvalue weighted by Crippen LogP contribution is -2.46. The van der Waals surface area contributed by atoms with Crippen molar-refractivity contribution in [2.24, 2.45) is 0 Å². The third kappa shape index (κ3) is 2.50. The highest BCUT2D eigenvalue weighted by Crippen LogP contribution is 2.42. The maximum Gasteiger partial charge on any atom is 0.325 e. The fourth-order valence-electron chi connectivity index (χ4n) is 3.70. The van der Waals surface area contributed by atoms with E-state index in [0.29, 0.717) is 17.7 Å². The molecule has 1 atom stereocenters. The van der Waals surface area contributed by atoms with Crippen LogP contribution >= 0.6 is 11.3 Å². The maximum absolute atomic E-state index is 13.1. The van der Waals surface area contributed by atoms with Crippen molar-refractivity contribution in [2.45, 2.75) is 24.8 Å². The van der Waals surface area contributed by atoms with Crippen LogP contribution in [0.15, 0.2) is 35.7 Å². The summed E-state index contributed by atoms with van der Waals surface area (Å²) in [5, 5.41) is 4.81. The summed E-state index contributed by atoms with van der Waals surface area (Å²) in [5.74, 6) is 0.0287. The molecule has 2 aromatic rings. The van der Waals surface area contributed by atoms with Crippen molar-refractivity contribution in [3.05, 3.63) is 51.7 Å². The Balaban J connectivity index is 1.58. The van der Waals surface area contributed by atoms with Crippen LogP contribution in [0, 0.1) is 0 Å². The number of fused-ring (bicyclic) bond motifs is 2. The number of ether oxygens (including phenoxy) is 1. The van der Waals surface area contributed by atoms with Crippen LogP contribution in [-0.2, 0) is 16.8 Å². The maximum atomic E-state index is 13.1. The number of methoxy groups -OCH3 is 1. The average molecular weight is 370 g/mol. The topological polar surface area (TPSA) is 75.7 Å².